The summed E-state index contributed by atoms with van der Waals surface area (Å²) in [5.41, 5.74) is 0.500. The predicted molar refractivity (Wildman–Crippen MR) is 134 cm³/mol. The van der Waals surface area contributed by atoms with Crippen molar-refractivity contribution in [1.82, 2.24) is 4.98 Å². The summed E-state index contributed by atoms with van der Waals surface area (Å²) in [4.78, 5) is 41.5. The number of aliphatic hydroxyl groups excluding tert-OH is 1. The number of aliphatic hydroxyl groups is 1. The highest BCUT2D eigenvalue weighted by Crippen LogP contribution is 2.32. The van der Waals surface area contributed by atoms with E-state index in [1.807, 2.05) is 0 Å². The highest BCUT2D eigenvalue weighted by atomic mass is 16.7. The Hall–Kier alpha value is -4.48. The van der Waals surface area contributed by atoms with Crippen LogP contribution in [0.2, 0.25) is 0 Å². The largest absolute Gasteiger partial charge is 0.491 e. The fraction of sp³-hybridized carbons (Fsp3) is 0.286. The van der Waals surface area contributed by atoms with Gasteiger partial charge in [-0.25, -0.2) is 14.6 Å². The number of hydrogen-bond donors (Lipinski definition) is 1. The number of carbonyl (C=O) groups is 3. The van der Waals surface area contributed by atoms with Gasteiger partial charge in [-0.05, 0) is 36.4 Å². The van der Waals surface area contributed by atoms with Crippen LogP contribution in [0.5, 0.6) is 11.6 Å². The molecule has 11 heteroatoms. The summed E-state index contributed by atoms with van der Waals surface area (Å²) in [6.07, 6.45) is -5.68. The first-order valence-corrected chi connectivity index (χ1v) is 12.0. The van der Waals surface area contributed by atoms with Crippen molar-refractivity contribution in [1.29, 1.82) is 0 Å². The van der Waals surface area contributed by atoms with E-state index in [2.05, 4.69) is 4.98 Å². The second-order valence-electron chi connectivity index (χ2n) is 8.44. The number of nitrogens with zero attached hydrogens (tertiary/aromatic N) is 1. The van der Waals surface area contributed by atoms with Gasteiger partial charge in [-0.15, -0.1) is 0 Å². The number of esters is 3. The summed E-state index contributed by atoms with van der Waals surface area (Å²) >= 11 is 0. The van der Waals surface area contributed by atoms with Crippen LogP contribution < -0.4 is 9.47 Å². The van der Waals surface area contributed by atoms with E-state index in [0.29, 0.717) is 5.56 Å². The molecule has 0 radical (unpaired) electrons. The van der Waals surface area contributed by atoms with Crippen molar-refractivity contribution in [3.8, 4) is 11.6 Å². The molecule has 11 nitrogen and oxygen atoms in total. The molecule has 0 amide bonds. The van der Waals surface area contributed by atoms with E-state index in [1.165, 1.54) is 25.4 Å². The molecule has 1 fully saturated rings. The Morgan fingerprint density at radius 1 is 0.872 bits per heavy atom. The van der Waals surface area contributed by atoms with Crippen LogP contribution in [0.1, 0.15) is 27.6 Å². The van der Waals surface area contributed by atoms with E-state index in [0.717, 1.165) is 6.92 Å². The normalized spacial score (nSPS) is 22.3. The molecule has 0 bridgehead atoms. The molecule has 204 valence electrons. The third-order valence-corrected chi connectivity index (χ3v) is 5.74. The minimum Gasteiger partial charge on any atom is -0.491 e. The van der Waals surface area contributed by atoms with Crippen molar-refractivity contribution < 1.29 is 47.9 Å². The minimum atomic E-state index is -1.63. The molecule has 1 aliphatic heterocycles. The highest BCUT2D eigenvalue weighted by molar-refractivity contribution is 5.89. The summed E-state index contributed by atoms with van der Waals surface area (Å²) < 4.78 is 33.5. The Balaban J connectivity index is 1.62. The molecule has 1 aromatic heterocycles. The number of ether oxygens (including phenoxy) is 6. The Morgan fingerprint density at radius 2 is 1.51 bits per heavy atom. The monoisotopic (exact) mass is 537 g/mol. The summed E-state index contributed by atoms with van der Waals surface area (Å²) in [5.74, 6) is -1.93. The Bertz CT molecular complexity index is 1270. The van der Waals surface area contributed by atoms with Crippen molar-refractivity contribution >= 4 is 17.9 Å². The third kappa shape index (κ3) is 6.89. The molecular formula is C28H27NO10. The molecule has 0 aliphatic carbocycles. The molecule has 2 heterocycles. The van der Waals surface area contributed by atoms with Crippen molar-refractivity contribution in [2.45, 2.75) is 37.6 Å². The van der Waals surface area contributed by atoms with Gasteiger partial charge in [0.15, 0.2) is 18.0 Å². The molecule has 1 N–H and O–H groups in total. The van der Waals surface area contributed by atoms with E-state index in [1.54, 1.807) is 60.7 Å². The maximum Gasteiger partial charge on any atom is 0.338 e. The zero-order valence-corrected chi connectivity index (χ0v) is 21.2. The van der Waals surface area contributed by atoms with Gasteiger partial charge < -0.3 is 33.5 Å². The quantitative estimate of drug-likeness (QED) is 0.318. The molecule has 4 rings (SSSR count). The van der Waals surface area contributed by atoms with Gasteiger partial charge in [0.25, 0.3) is 5.88 Å². The maximum absolute atomic E-state index is 12.9. The van der Waals surface area contributed by atoms with Crippen LogP contribution >= 0.6 is 0 Å². The number of benzene rings is 2. The van der Waals surface area contributed by atoms with Gasteiger partial charge in [0.1, 0.15) is 18.8 Å². The van der Waals surface area contributed by atoms with Crippen molar-refractivity contribution in [3.63, 3.8) is 0 Å². The van der Waals surface area contributed by atoms with Crippen LogP contribution in [-0.2, 0) is 23.7 Å². The lowest BCUT2D eigenvalue weighted by molar-refractivity contribution is -0.280. The fourth-order valence-corrected chi connectivity index (χ4v) is 3.90. The van der Waals surface area contributed by atoms with E-state index < -0.39 is 55.2 Å². The SMILES string of the molecule is COc1cccnc1O[C@@H]1O[C@H](COC(=O)c2ccccc2)[C@H](OC(C)=O)[C@H](O)[C@H]1OC(=O)c1ccccc1. The van der Waals surface area contributed by atoms with Gasteiger partial charge in [0, 0.05) is 13.1 Å². The summed E-state index contributed by atoms with van der Waals surface area (Å²) in [6, 6.07) is 19.5. The number of pyridine rings is 1. The van der Waals surface area contributed by atoms with Crippen LogP contribution in [0.25, 0.3) is 0 Å². The van der Waals surface area contributed by atoms with Gasteiger partial charge in [-0.1, -0.05) is 36.4 Å². The summed E-state index contributed by atoms with van der Waals surface area (Å²) in [7, 11) is 1.41. The fourth-order valence-electron chi connectivity index (χ4n) is 3.90. The molecule has 0 spiro atoms. The first-order valence-electron chi connectivity index (χ1n) is 12.0. The number of aromatic nitrogens is 1. The zero-order chi connectivity index (χ0) is 27.8. The predicted octanol–water partition coefficient (Wildman–Crippen LogP) is 2.57. The molecule has 2 aromatic carbocycles. The van der Waals surface area contributed by atoms with Gasteiger partial charge >= 0.3 is 17.9 Å². The van der Waals surface area contributed by atoms with Crippen LogP contribution in [0.4, 0.5) is 0 Å². The van der Waals surface area contributed by atoms with E-state index in [9.17, 15) is 19.5 Å². The number of rotatable bonds is 9. The topological polar surface area (TPSA) is 140 Å². The number of methoxy groups -OCH3 is 1. The second-order valence-corrected chi connectivity index (χ2v) is 8.44. The number of hydrogen-bond acceptors (Lipinski definition) is 11. The van der Waals surface area contributed by atoms with Crippen molar-refractivity contribution in [2.75, 3.05) is 13.7 Å². The maximum atomic E-state index is 12.9. The molecule has 1 aliphatic rings. The van der Waals surface area contributed by atoms with Crippen LogP contribution in [-0.4, -0.2) is 72.4 Å². The van der Waals surface area contributed by atoms with Crippen LogP contribution in [0.15, 0.2) is 79.0 Å². The molecule has 39 heavy (non-hydrogen) atoms. The third-order valence-electron chi connectivity index (χ3n) is 5.74. The van der Waals surface area contributed by atoms with Gasteiger partial charge in [0.2, 0.25) is 6.29 Å². The molecule has 5 atom stereocenters. The van der Waals surface area contributed by atoms with Crippen molar-refractivity contribution in [2.24, 2.45) is 0 Å². The highest BCUT2D eigenvalue weighted by Gasteiger charge is 2.51. The lowest BCUT2D eigenvalue weighted by atomic mass is 9.98. The standard InChI is InChI=1S/C28H27NO10/c1-17(30)36-23-21(16-35-26(32)18-10-5-3-6-11-18)37-28(39-25-20(34-2)14-9-15-29-25)24(22(23)31)38-27(33)19-12-7-4-8-13-19/h3-15,21-24,28,31H,16H2,1-2H3/t21-,22+,23+,24-,28+/m1/s1. The van der Waals surface area contributed by atoms with Gasteiger partial charge in [-0.2, -0.15) is 0 Å². The first kappa shape index (κ1) is 27.6. The lowest BCUT2D eigenvalue weighted by Gasteiger charge is -2.42. The Labute approximate surface area is 224 Å². The van der Waals surface area contributed by atoms with Gasteiger partial charge in [-0.3, -0.25) is 4.79 Å². The van der Waals surface area contributed by atoms with E-state index in [-0.39, 0.29) is 17.2 Å². The first-order chi connectivity index (χ1) is 18.9. The smallest absolute Gasteiger partial charge is 0.338 e. The molecular weight excluding hydrogens is 510 g/mol. The zero-order valence-electron chi connectivity index (χ0n) is 21.2. The Kier molecular flexibility index (Phi) is 9.08. The van der Waals surface area contributed by atoms with Crippen molar-refractivity contribution in [3.05, 3.63) is 90.1 Å². The number of carbonyl (C=O) groups excluding carboxylic acids is 3. The van der Waals surface area contributed by atoms with Crippen LogP contribution in [0, 0.1) is 0 Å². The average molecular weight is 538 g/mol. The van der Waals surface area contributed by atoms with E-state index in [4.69, 9.17) is 28.4 Å². The molecule has 0 saturated carbocycles. The van der Waals surface area contributed by atoms with Gasteiger partial charge in [0.05, 0.1) is 18.2 Å². The Morgan fingerprint density at radius 3 is 2.13 bits per heavy atom. The van der Waals surface area contributed by atoms with E-state index >= 15 is 0 Å². The summed E-state index contributed by atoms with van der Waals surface area (Å²) in [6.45, 7) is 0.730. The average Bonchev–Trinajstić information content (AvgIpc) is 2.96. The van der Waals surface area contributed by atoms with Crippen LogP contribution in [0.3, 0.4) is 0 Å². The second kappa shape index (κ2) is 12.9. The minimum absolute atomic E-state index is 0.0103. The lowest BCUT2D eigenvalue weighted by Crippen LogP contribution is -2.62. The summed E-state index contributed by atoms with van der Waals surface area (Å²) in [5, 5.41) is 11.3. The molecule has 0 unspecified atom stereocenters. The molecule has 3 aromatic rings. The molecule has 1 saturated heterocycles.